The predicted molar refractivity (Wildman–Crippen MR) is 75.5 cm³/mol. The molecule has 2 rings (SSSR count). The van der Waals surface area contributed by atoms with Crippen molar-refractivity contribution in [3.05, 3.63) is 16.8 Å². The van der Waals surface area contributed by atoms with Crippen LogP contribution in [0.5, 0.6) is 0 Å². The van der Waals surface area contributed by atoms with E-state index in [0.717, 1.165) is 10.9 Å². The van der Waals surface area contributed by atoms with E-state index in [1.54, 1.807) is 0 Å². The summed E-state index contributed by atoms with van der Waals surface area (Å²) in [5.74, 6) is -0.329. The van der Waals surface area contributed by atoms with Gasteiger partial charge in [-0.25, -0.2) is 18.9 Å². The molecule has 2 heterocycles. The fourth-order valence-electron chi connectivity index (χ4n) is 1.95. The zero-order chi connectivity index (χ0) is 19.0. The molecule has 0 amide bonds. The van der Waals surface area contributed by atoms with Crippen molar-refractivity contribution in [1.29, 1.82) is 0 Å². The van der Waals surface area contributed by atoms with Crippen LogP contribution in [0.15, 0.2) is 11.1 Å². The summed E-state index contributed by atoms with van der Waals surface area (Å²) in [5, 5.41) is 19.8. The SMILES string of the molecule is Nc1ncn([C@@H]2O[C@H](COP(=O)(O)OP(=O)(O)O)C(O)C2O)c(=O)n1. The molecule has 25 heavy (non-hydrogen) atoms. The molecule has 3 unspecified atom stereocenters. The minimum atomic E-state index is -5.31. The van der Waals surface area contributed by atoms with Crippen molar-refractivity contribution in [2.45, 2.75) is 24.5 Å². The highest BCUT2D eigenvalue weighted by Gasteiger charge is 2.45. The first-order valence-corrected chi connectivity index (χ1v) is 9.39. The molecule has 142 valence electrons. The number of nitrogen functional groups attached to an aromatic ring is 1. The Labute approximate surface area is 138 Å². The van der Waals surface area contributed by atoms with Crippen LogP contribution < -0.4 is 11.4 Å². The zero-order valence-corrected chi connectivity index (χ0v) is 13.9. The van der Waals surface area contributed by atoms with Gasteiger partial charge in [0.2, 0.25) is 5.95 Å². The summed E-state index contributed by atoms with van der Waals surface area (Å²) >= 11 is 0. The number of phosphoric ester groups is 1. The molecule has 1 aromatic heterocycles. The summed E-state index contributed by atoms with van der Waals surface area (Å²) in [4.78, 5) is 44.6. The number of anilines is 1. The second kappa shape index (κ2) is 7.17. The Morgan fingerprint density at radius 1 is 1.28 bits per heavy atom. The molecule has 0 spiro atoms. The van der Waals surface area contributed by atoms with E-state index in [1.807, 2.05) is 0 Å². The van der Waals surface area contributed by atoms with Crippen LogP contribution >= 0.6 is 15.6 Å². The third kappa shape index (κ3) is 5.12. The van der Waals surface area contributed by atoms with Gasteiger partial charge in [-0.1, -0.05) is 0 Å². The average molecular weight is 404 g/mol. The fourth-order valence-corrected chi connectivity index (χ4v) is 3.55. The van der Waals surface area contributed by atoms with Gasteiger partial charge < -0.3 is 35.4 Å². The molecular weight excluding hydrogens is 390 g/mol. The lowest BCUT2D eigenvalue weighted by molar-refractivity contribution is -0.0546. The van der Waals surface area contributed by atoms with Gasteiger partial charge >= 0.3 is 21.3 Å². The van der Waals surface area contributed by atoms with Crippen molar-refractivity contribution in [3.8, 4) is 0 Å². The van der Waals surface area contributed by atoms with Gasteiger partial charge in [0.1, 0.15) is 24.6 Å². The largest absolute Gasteiger partial charge is 0.481 e. The smallest absolute Gasteiger partial charge is 0.387 e. The molecule has 0 saturated carbocycles. The van der Waals surface area contributed by atoms with Crippen LogP contribution in [0.4, 0.5) is 5.95 Å². The van der Waals surface area contributed by atoms with Crippen LogP contribution in [0.25, 0.3) is 0 Å². The monoisotopic (exact) mass is 404 g/mol. The number of aliphatic hydroxyl groups is 2. The van der Waals surface area contributed by atoms with E-state index in [0.29, 0.717) is 0 Å². The summed E-state index contributed by atoms with van der Waals surface area (Å²) in [7, 11) is -10.5. The summed E-state index contributed by atoms with van der Waals surface area (Å²) in [6.45, 7) is -0.896. The van der Waals surface area contributed by atoms with Crippen LogP contribution in [-0.2, 0) is 22.7 Å². The Morgan fingerprint density at radius 3 is 2.48 bits per heavy atom. The van der Waals surface area contributed by atoms with E-state index in [1.165, 1.54) is 0 Å². The number of aromatic nitrogens is 3. The van der Waals surface area contributed by atoms with Gasteiger partial charge in [0.15, 0.2) is 6.23 Å². The normalized spacial score (nSPS) is 29.5. The number of aliphatic hydroxyl groups excluding tert-OH is 2. The van der Waals surface area contributed by atoms with Gasteiger partial charge in [-0.3, -0.25) is 9.09 Å². The second-order valence-corrected chi connectivity index (χ2v) is 7.62. The Kier molecular flexibility index (Phi) is 5.75. The summed E-state index contributed by atoms with van der Waals surface area (Å²) in [6.07, 6.45) is -5.34. The van der Waals surface area contributed by atoms with Gasteiger partial charge in [0.05, 0.1) is 6.61 Å². The number of hydrogen-bond acceptors (Lipinski definition) is 11. The molecule has 1 aliphatic rings. The maximum absolute atomic E-state index is 11.7. The zero-order valence-electron chi connectivity index (χ0n) is 12.1. The quantitative estimate of drug-likeness (QED) is 0.260. The number of ether oxygens (including phenoxy) is 1. The standard InChI is InChI=1S/C8H14N4O11P2/c9-7-10-2-12(8(15)11-7)6-5(14)4(13)3(22-6)1-21-25(19,20)23-24(16,17)18/h2-6,13-14H,1H2,(H,19,20)(H2,9,11,15)(H2,16,17,18)/t3-,4?,5?,6-/m1/s1. The molecular formula is C8H14N4O11P2. The van der Waals surface area contributed by atoms with Crippen molar-refractivity contribution >= 4 is 21.6 Å². The highest BCUT2D eigenvalue weighted by atomic mass is 31.3. The van der Waals surface area contributed by atoms with Crippen molar-refractivity contribution in [3.63, 3.8) is 0 Å². The molecule has 15 nitrogen and oxygen atoms in total. The molecule has 5 atom stereocenters. The van der Waals surface area contributed by atoms with E-state index < -0.39 is 52.5 Å². The van der Waals surface area contributed by atoms with E-state index in [2.05, 4.69) is 18.8 Å². The molecule has 0 bridgehead atoms. The summed E-state index contributed by atoms with van der Waals surface area (Å²) in [5.41, 5.74) is 4.27. The number of phosphoric acid groups is 2. The first kappa shape index (κ1) is 20.1. The van der Waals surface area contributed by atoms with Crippen molar-refractivity contribution in [2.24, 2.45) is 0 Å². The molecule has 1 fully saturated rings. The molecule has 0 aromatic carbocycles. The van der Waals surface area contributed by atoms with Crippen LogP contribution in [-0.4, -0.2) is 64.3 Å². The topological polar surface area (TPSA) is 237 Å². The Bertz CT molecular complexity index is 780. The van der Waals surface area contributed by atoms with Gasteiger partial charge in [-0.05, 0) is 0 Å². The first-order chi connectivity index (χ1) is 11.4. The van der Waals surface area contributed by atoms with E-state index in [9.17, 15) is 24.1 Å². The Hall–Kier alpha value is -1.25. The summed E-state index contributed by atoms with van der Waals surface area (Å²) < 4.78 is 35.6. The maximum Gasteiger partial charge on any atom is 0.481 e. The summed E-state index contributed by atoms with van der Waals surface area (Å²) in [6, 6.07) is 0. The van der Waals surface area contributed by atoms with E-state index in [4.69, 9.17) is 25.2 Å². The maximum atomic E-state index is 11.7. The van der Waals surface area contributed by atoms with E-state index in [-0.39, 0.29) is 5.95 Å². The molecule has 1 saturated heterocycles. The van der Waals surface area contributed by atoms with Gasteiger partial charge in [0, 0.05) is 0 Å². The lowest BCUT2D eigenvalue weighted by Crippen LogP contribution is -2.36. The van der Waals surface area contributed by atoms with Crippen LogP contribution in [0.3, 0.4) is 0 Å². The van der Waals surface area contributed by atoms with Crippen LogP contribution in [0.2, 0.25) is 0 Å². The number of rotatable bonds is 6. The van der Waals surface area contributed by atoms with Crippen molar-refractivity contribution < 1.29 is 47.6 Å². The van der Waals surface area contributed by atoms with Crippen molar-refractivity contribution in [1.82, 2.24) is 14.5 Å². The molecule has 0 aliphatic carbocycles. The number of nitrogens with two attached hydrogens (primary N) is 1. The number of hydrogen-bond donors (Lipinski definition) is 6. The fraction of sp³-hybridized carbons (Fsp3) is 0.625. The van der Waals surface area contributed by atoms with Crippen LogP contribution in [0.1, 0.15) is 6.23 Å². The molecule has 0 radical (unpaired) electrons. The molecule has 7 N–H and O–H groups in total. The lowest BCUT2D eigenvalue weighted by atomic mass is 10.1. The average Bonchev–Trinajstić information content (AvgIpc) is 2.71. The third-order valence-corrected chi connectivity index (χ3v) is 5.12. The predicted octanol–water partition coefficient (Wildman–Crippen LogP) is -2.93. The number of nitrogens with zero attached hydrogens (tertiary/aromatic N) is 3. The highest BCUT2D eigenvalue weighted by molar-refractivity contribution is 7.60. The third-order valence-electron chi connectivity index (χ3n) is 2.97. The van der Waals surface area contributed by atoms with Crippen LogP contribution in [0, 0.1) is 0 Å². The van der Waals surface area contributed by atoms with Crippen molar-refractivity contribution in [2.75, 3.05) is 12.3 Å². The Morgan fingerprint density at radius 2 is 1.92 bits per heavy atom. The minimum Gasteiger partial charge on any atom is -0.387 e. The molecule has 17 heteroatoms. The Balaban J connectivity index is 2.08. The molecule has 1 aliphatic heterocycles. The second-order valence-electron chi connectivity index (χ2n) is 4.79. The lowest BCUT2D eigenvalue weighted by Gasteiger charge is -2.17. The van der Waals surface area contributed by atoms with Gasteiger partial charge in [-0.2, -0.15) is 9.29 Å². The van der Waals surface area contributed by atoms with Gasteiger partial charge in [0.25, 0.3) is 0 Å². The van der Waals surface area contributed by atoms with E-state index >= 15 is 0 Å². The first-order valence-electron chi connectivity index (χ1n) is 6.36. The highest BCUT2D eigenvalue weighted by Crippen LogP contribution is 2.57. The minimum absolute atomic E-state index is 0.329. The molecule has 1 aromatic rings. The van der Waals surface area contributed by atoms with Gasteiger partial charge in [-0.15, -0.1) is 0 Å².